The van der Waals surface area contributed by atoms with Crippen molar-refractivity contribution in [3.63, 3.8) is 0 Å². The van der Waals surface area contributed by atoms with Crippen LogP contribution >= 0.6 is 0 Å². The molecule has 2 aromatic carbocycles. The highest BCUT2D eigenvalue weighted by molar-refractivity contribution is 6.27. The minimum absolute atomic E-state index is 0.0564. The molecule has 0 amide bonds. The number of ether oxygens (including phenoxy) is 1. The molecule has 22 heavy (non-hydrogen) atoms. The molecule has 1 aliphatic heterocycles. The second-order valence-corrected chi connectivity index (χ2v) is 4.74. The van der Waals surface area contributed by atoms with Crippen molar-refractivity contribution < 1.29 is 18.8 Å². The molecular formula is C16H10FNO4. The van der Waals surface area contributed by atoms with E-state index < -0.39 is 10.9 Å². The first-order valence-corrected chi connectivity index (χ1v) is 6.47. The number of esters is 1. The molecule has 110 valence electrons. The summed E-state index contributed by atoms with van der Waals surface area (Å²) in [7, 11) is 0. The van der Waals surface area contributed by atoms with Gasteiger partial charge in [-0.2, -0.15) is 0 Å². The molecule has 0 N–H and O–H groups in total. The lowest BCUT2D eigenvalue weighted by Crippen LogP contribution is -1.98. The number of cyclic esters (lactones) is 1. The van der Waals surface area contributed by atoms with E-state index in [0.29, 0.717) is 22.3 Å². The third kappa shape index (κ3) is 2.46. The fourth-order valence-electron chi connectivity index (χ4n) is 2.33. The molecule has 0 aliphatic carbocycles. The molecule has 5 nitrogen and oxygen atoms in total. The van der Waals surface area contributed by atoms with Gasteiger partial charge >= 0.3 is 5.97 Å². The Balaban J connectivity index is 2.07. The highest BCUT2D eigenvalue weighted by Gasteiger charge is 2.27. The molecule has 3 rings (SSSR count). The average Bonchev–Trinajstić information content (AvgIpc) is 2.90. The van der Waals surface area contributed by atoms with Gasteiger partial charge in [0.2, 0.25) is 0 Å². The third-order valence-corrected chi connectivity index (χ3v) is 3.41. The highest BCUT2D eigenvalue weighted by atomic mass is 19.1. The number of carbonyl (C=O) groups is 1. The number of non-ortho nitro benzene ring substituents is 1. The second-order valence-electron chi connectivity index (χ2n) is 4.74. The zero-order valence-corrected chi connectivity index (χ0v) is 11.3. The van der Waals surface area contributed by atoms with Gasteiger partial charge in [-0.25, -0.2) is 9.18 Å². The van der Waals surface area contributed by atoms with Crippen LogP contribution < -0.4 is 0 Å². The van der Waals surface area contributed by atoms with E-state index in [0.717, 1.165) is 0 Å². The first-order chi connectivity index (χ1) is 10.6. The van der Waals surface area contributed by atoms with Gasteiger partial charge in [0.05, 0.1) is 10.5 Å². The van der Waals surface area contributed by atoms with Crippen molar-refractivity contribution in [3.8, 4) is 0 Å². The summed E-state index contributed by atoms with van der Waals surface area (Å²) in [4.78, 5) is 22.1. The van der Waals surface area contributed by atoms with E-state index in [1.165, 1.54) is 36.4 Å². The predicted molar refractivity (Wildman–Crippen MR) is 77.3 cm³/mol. The van der Waals surface area contributed by atoms with Gasteiger partial charge in [0.15, 0.2) is 0 Å². The number of hydrogen-bond donors (Lipinski definition) is 0. The largest absolute Gasteiger partial charge is 0.457 e. The molecule has 0 bridgehead atoms. The van der Waals surface area contributed by atoms with Gasteiger partial charge in [0.1, 0.15) is 12.4 Å². The molecule has 0 saturated carbocycles. The molecule has 0 spiro atoms. The zero-order valence-electron chi connectivity index (χ0n) is 11.3. The summed E-state index contributed by atoms with van der Waals surface area (Å²) in [6.45, 7) is 0.0940. The quantitative estimate of drug-likeness (QED) is 0.496. The molecule has 0 atom stereocenters. The first-order valence-electron chi connectivity index (χ1n) is 6.47. The lowest BCUT2D eigenvalue weighted by Gasteiger charge is -2.04. The molecule has 0 fully saturated rings. The smallest absolute Gasteiger partial charge is 0.339 e. The molecule has 0 aromatic heterocycles. The Bertz CT molecular complexity index is 779. The van der Waals surface area contributed by atoms with E-state index in [9.17, 15) is 19.3 Å². The monoisotopic (exact) mass is 299 g/mol. The SMILES string of the molecule is O=C1OCC(c2ccc(F)cc2)=C1c1ccc([N+](=O)[O-])cc1. The number of halogens is 1. The summed E-state index contributed by atoms with van der Waals surface area (Å²) < 4.78 is 18.1. The molecule has 2 aromatic rings. The van der Waals surface area contributed by atoms with Crippen LogP contribution in [0.4, 0.5) is 10.1 Å². The van der Waals surface area contributed by atoms with Gasteiger partial charge in [-0.05, 0) is 35.4 Å². The average molecular weight is 299 g/mol. The van der Waals surface area contributed by atoms with Crippen LogP contribution in [0.1, 0.15) is 11.1 Å². The Kier molecular flexibility index (Phi) is 3.42. The molecular weight excluding hydrogens is 289 g/mol. The number of nitro benzene ring substituents is 1. The van der Waals surface area contributed by atoms with E-state index in [2.05, 4.69) is 0 Å². The van der Waals surface area contributed by atoms with Crippen molar-refractivity contribution in [2.45, 2.75) is 0 Å². The number of nitro groups is 1. The van der Waals surface area contributed by atoms with Crippen molar-refractivity contribution in [2.75, 3.05) is 6.61 Å². The summed E-state index contributed by atoms with van der Waals surface area (Å²) in [5.41, 5.74) is 2.15. The Morgan fingerprint density at radius 1 is 1.00 bits per heavy atom. The van der Waals surface area contributed by atoms with Crippen molar-refractivity contribution in [3.05, 3.63) is 75.6 Å². The maximum absolute atomic E-state index is 13.0. The lowest BCUT2D eigenvalue weighted by atomic mass is 9.96. The molecule has 0 unspecified atom stereocenters. The van der Waals surface area contributed by atoms with Crippen LogP contribution in [0.15, 0.2) is 48.5 Å². The number of hydrogen-bond acceptors (Lipinski definition) is 4. The van der Waals surface area contributed by atoms with E-state index >= 15 is 0 Å². The predicted octanol–water partition coefficient (Wildman–Crippen LogP) is 3.20. The van der Waals surface area contributed by atoms with Crippen LogP contribution in [0.3, 0.4) is 0 Å². The minimum Gasteiger partial charge on any atom is -0.457 e. The summed E-state index contributed by atoms with van der Waals surface area (Å²) >= 11 is 0. The number of carbonyl (C=O) groups excluding carboxylic acids is 1. The Morgan fingerprint density at radius 2 is 1.59 bits per heavy atom. The van der Waals surface area contributed by atoms with E-state index in [1.54, 1.807) is 12.1 Å². The lowest BCUT2D eigenvalue weighted by molar-refractivity contribution is -0.384. The first kappa shape index (κ1) is 13.9. The molecule has 1 heterocycles. The summed E-state index contributed by atoms with van der Waals surface area (Å²) in [6, 6.07) is 11.4. The fraction of sp³-hybridized carbons (Fsp3) is 0.0625. The van der Waals surface area contributed by atoms with Crippen LogP contribution in [0.25, 0.3) is 11.1 Å². The van der Waals surface area contributed by atoms with Crippen molar-refractivity contribution in [1.82, 2.24) is 0 Å². The van der Waals surface area contributed by atoms with Crippen molar-refractivity contribution in [1.29, 1.82) is 0 Å². The number of rotatable bonds is 3. The minimum atomic E-state index is -0.508. The Hall–Kier alpha value is -3.02. The van der Waals surface area contributed by atoms with Crippen LogP contribution in [0.5, 0.6) is 0 Å². The third-order valence-electron chi connectivity index (χ3n) is 3.41. The Labute approximate surface area is 124 Å². The maximum atomic E-state index is 13.0. The number of benzene rings is 2. The van der Waals surface area contributed by atoms with Gasteiger partial charge in [-0.15, -0.1) is 0 Å². The van der Waals surface area contributed by atoms with Gasteiger partial charge in [0.25, 0.3) is 5.69 Å². The van der Waals surface area contributed by atoms with Crippen LogP contribution in [0.2, 0.25) is 0 Å². The summed E-state index contributed by atoms with van der Waals surface area (Å²) in [6.07, 6.45) is 0. The van der Waals surface area contributed by atoms with Crippen molar-refractivity contribution >= 4 is 22.8 Å². The van der Waals surface area contributed by atoms with Gasteiger partial charge in [0, 0.05) is 17.7 Å². The zero-order chi connectivity index (χ0) is 15.7. The van der Waals surface area contributed by atoms with E-state index in [1.807, 2.05) is 0 Å². The molecule has 0 radical (unpaired) electrons. The van der Waals surface area contributed by atoms with Crippen LogP contribution in [0, 0.1) is 15.9 Å². The van der Waals surface area contributed by atoms with Crippen LogP contribution in [-0.4, -0.2) is 17.5 Å². The topological polar surface area (TPSA) is 69.4 Å². The Morgan fingerprint density at radius 3 is 2.18 bits per heavy atom. The standard InChI is InChI=1S/C16H10FNO4/c17-12-5-1-10(2-6-12)14-9-22-16(19)15(14)11-3-7-13(8-4-11)18(20)21/h1-8H,9H2. The summed E-state index contributed by atoms with van der Waals surface area (Å²) in [5.74, 6) is -0.861. The molecule has 0 saturated heterocycles. The fourth-order valence-corrected chi connectivity index (χ4v) is 2.33. The second kappa shape index (κ2) is 5.40. The highest BCUT2D eigenvalue weighted by Crippen LogP contribution is 2.33. The van der Waals surface area contributed by atoms with Crippen molar-refractivity contribution in [2.24, 2.45) is 0 Å². The van der Waals surface area contributed by atoms with Gasteiger partial charge in [-0.1, -0.05) is 12.1 Å². The van der Waals surface area contributed by atoms with E-state index in [4.69, 9.17) is 4.74 Å². The van der Waals surface area contributed by atoms with E-state index in [-0.39, 0.29) is 18.1 Å². The summed E-state index contributed by atoms with van der Waals surface area (Å²) in [5, 5.41) is 10.7. The van der Waals surface area contributed by atoms with Gasteiger partial charge in [-0.3, -0.25) is 10.1 Å². The normalized spacial score (nSPS) is 14.1. The molecule has 6 heteroatoms. The van der Waals surface area contributed by atoms with Crippen LogP contribution in [-0.2, 0) is 9.53 Å². The number of nitrogens with zero attached hydrogens (tertiary/aromatic N) is 1. The van der Waals surface area contributed by atoms with Gasteiger partial charge < -0.3 is 4.74 Å². The maximum Gasteiger partial charge on any atom is 0.339 e. The molecule has 1 aliphatic rings.